The lowest BCUT2D eigenvalue weighted by molar-refractivity contribution is 0.149. The molecule has 0 aliphatic carbocycles. The molecule has 1 aromatic rings. The van der Waals surface area contributed by atoms with Gasteiger partial charge in [0.15, 0.2) is 0 Å². The van der Waals surface area contributed by atoms with Crippen molar-refractivity contribution in [1.29, 1.82) is 0 Å². The lowest BCUT2D eigenvalue weighted by Crippen LogP contribution is -2.37. The van der Waals surface area contributed by atoms with E-state index in [1.54, 1.807) is 6.07 Å². The molecule has 2 saturated heterocycles. The minimum absolute atomic E-state index is 0.178. The highest BCUT2D eigenvalue weighted by atomic mass is 79.9. The summed E-state index contributed by atoms with van der Waals surface area (Å²) in [6.07, 6.45) is 5.38. The Morgan fingerprint density at radius 2 is 1.76 bits per heavy atom. The molecule has 2 fully saturated rings. The summed E-state index contributed by atoms with van der Waals surface area (Å²) in [7, 11) is 0. The first-order chi connectivity index (χ1) is 10.2. The SMILES string of the molecule is Fc1ccc(CN2CCC(CN3CCCC3)CC2)cc1Br. The second kappa shape index (κ2) is 7.21. The van der Waals surface area contributed by atoms with Gasteiger partial charge in [0.1, 0.15) is 5.82 Å². The summed E-state index contributed by atoms with van der Waals surface area (Å²) in [5.41, 5.74) is 1.20. The van der Waals surface area contributed by atoms with Gasteiger partial charge in [-0.2, -0.15) is 0 Å². The molecule has 0 aromatic heterocycles. The van der Waals surface area contributed by atoms with E-state index in [0.717, 1.165) is 12.5 Å². The van der Waals surface area contributed by atoms with Crippen molar-refractivity contribution in [1.82, 2.24) is 9.80 Å². The second-order valence-electron chi connectivity index (χ2n) is 6.48. The summed E-state index contributed by atoms with van der Waals surface area (Å²) in [5, 5.41) is 0. The van der Waals surface area contributed by atoms with Crippen LogP contribution in [0.25, 0.3) is 0 Å². The fourth-order valence-corrected chi connectivity index (χ4v) is 3.98. The van der Waals surface area contributed by atoms with Crippen molar-refractivity contribution in [2.24, 2.45) is 5.92 Å². The molecular formula is C17H24BrFN2. The molecule has 116 valence electrons. The number of likely N-dealkylation sites (tertiary alicyclic amines) is 2. The van der Waals surface area contributed by atoms with E-state index in [1.807, 2.05) is 12.1 Å². The van der Waals surface area contributed by atoms with Gasteiger partial charge >= 0.3 is 0 Å². The van der Waals surface area contributed by atoms with Gasteiger partial charge in [-0.1, -0.05) is 6.07 Å². The highest BCUT2D eigenvalue weighted by molar-refractivity contribution is 9.10. The van der Waals surface area contributed by atoms with Crippen LogP contribution < -0.4 is 0 Å². The number of piperidine rings is 1. The summed E-state index contributed by atoms with van der Waals surface area (Å²) in [4.78, 5) is 5.14. The molecule has 2 heterocycles. The molecule has 0 unspecified atom stereocenters. The first-order valence-electron chi connectivity index (χ1n) is 8.09. The molecule has 1 aromatic carbocycles. The highest BCUT2D eigenvalue weighted by Crippen LogP contribution is 2.23. The molecule has 0 atom stereocenters. The Balaban J connectivity index is 1.45. The van der Waals surface area contributed by atoms with E-state index < -0.39 is 0 Å². The van der Waals surface area contributed by atoms with Crippen LogP contribution in [0.4, 0.5) is 4.39 Å². The maximum Gasteiger partial charge on any atom is 0.137 e. The van der Waals surface area contributed by atoms with E-state index in [9.17, 15) is 4.39 Å². The number of nitrogens with zero attached hydrogens (tertiary/aromatic N) is 2. The van der Waals surface area contributed by atoms with Crippen LogP contribution in [-0.4, -0.2) is 42.5 Å². The first kappa shape index (κ1) is 15.4. The van der Waals surface area contributed by atoms with E-state index in [-0.39, 0.29) is 5.82 Å². The zero-order chi connectivity index (χ0) is 14.7. The molecule has 0 radical (unpaired) electrons. The fourth-order valence-electron chi connectivity index (χ4n) is 3.55. The summed E-state index contributed by atoms with van der Waals surface area (Å²) < 4.78 is 13.8. The molecule has 21 heavy (non-hydrogen) atoms. The van der Waals surface area contributed by atoms with E-state index in [0.29, 0.717) is 4.47 Å². The Hall–Kier alpha value is -0.450. The summed E-state index contributed by atoms with van der Waals surface area (Å²) in [6, 6.07) is 5.36. The third-order valence-electron chi connectivity index (χ3n) is 4.81. The maximum absolute atomic E-state index is 13.3. The second-order valence-corrected chi connectivity index (χ2v) is 7.33. The Morgan fingerprint density at radius 3 is 2.43 bits per heavy atom. The van der Waals surface area contributed by atoms with Crippen LogP contribution in [0.1, 0.15) is 31.2 Å². The molecule has 0 bridgehead atoms. The topological polar surface area (TPSA) is 6.48 Å². The summed E-state index contributed by atoms with van der Waals surface area (Å²) in [5.74, 6) is 0.697. The van der Waals surface area contributed by atoms with E-state index in [1.165, 1.54) is 64.0 Å². The molecule has 0 N–H and O–H groups in total. The minimum Gasteiger partial charge on any atom is -0.303 e. The Morgan fingerprint density at radius 1 is 1.05 bits per heavy atom. The van der Waals surface area contributed by atoms with Gasteiger partial charge in [0.2, 0.25) is 0 Å². The Kier molecular flexibility index (Phi) is 5.30. The molecule has 0 saturated carbocycles. The Bertz CT molecular complexity index is 466. The lowest BCUT2D eigenvalue weighted by Gasteiger charge is -2.33. The number of hydrogen-bond acceptors (Lipinski definition) is 2. The predicted molar refractivity (Wildman–Crippen MR) is 87.8 cm³/mol. The van der Waals surface area contributed by atoms with Crippen molar-refractivity contribution in [3.8, 4) is 0 Å². The molecule has 2 aliphatic heterocycles. The summed E-state index contributed by atoms with van der Waals surface area (Å²) in [6.45, 7) is 7.21. The van der Waals surface area contributed by atoms with Gasteiger partial charge < -0.3 is 4.90 Å². The van der Waals surface area contributed by atoms with Crippen LogP contribution >= 0.6 is 15.9 Å². The smallest absolute Gasteiger partial charge is 0.137 e. The van der Waals surface area contributed by atoms with Gasteiger partial charge in [0.25, 0.3) is 0 Å². The van der Waals surface area contributed by atoms with Gasteiger partial charge in [0, 0.05) is 13.1 Å². The standard InChI is InChI=1S/C17H24BrFN2/c18-16-11-15(3-4-17(16)19)13-21-9-5-14(6-10-21)12-20-7-1-2-8-20/h3-4,11,14H,1-2,5-10,12-13H2. The average Bonchev–Trinajstić information content (AvgIpc) is 2.98. The van der Waals surface area contributed by atoms with Gasteiger partial charge in [-0.25, -0.2) is 4.39 Å². The number of hydrogen-bond donors (Lipinski definition) is 0. The van der Waals surface area contributed by atoms with Crippen LogP contribution in [0, 0.1) is 11.7 Å². The third-order valence-corrected chi connectivity index (χ3v) is 5.42. The van der Waals surface area contributed by atoms with Crippen LogP contribution in [0.15, 0.2) is 22.7 Å². The van der Waals surface area contributed by atoms with Crippen molar-refractivity contribution in [3.63, 3.8) is 0 Å². The van der Waals surface area contributed by atoms with Crippen LogP contribution in [-0.2, 0) is 6.54 Å². The molecule has 0 spiro atoms. The predicted octanol–water partition coefficient (Wildman–Crippen LogP) is 3.90. The minimum atomic E-state index is -0.178. The number of benzene rings is 1. The summed E-state index contributed by atoms with van der Waals surface area (Å²) >= 11 is 3.27. The molecule has 0 amide bonds. The zero-order valence-electron chi connectivity index (χ0n) is 12.5. The monoisotopic (exact) mass is 354 g/mol. The zero-order valence-corrected chi connectivity index (χ0v) is 14.1. The molecule has 2 aliphatic rings. The molecule has 3 rings (SSSR count). The van der Waals surface area contributed by atoms with Crippen molar-refractivity contribution < 1.29 is 4.39 Å². The van der Waals surface area contributed by atoms with Gasteiger partial charge in [-0.3, -0.25) is 4.90 Å². The fraction of sp³-hybridized carbons (Fsp3) is 0.647. The molecular weight excluding hydrogens is 331 g/mol. The van der Waals surface area contributed by atoms with Gasteiger partial charge in [-0.05, 0) is 91.4 Å². The van der Waals surface area contributed by atoms with Gasteiger partial charge in [0.05, 0.1) is 4.47 Å². The highest BCUT2D eigenvalue weighted by Gasteiger charge is 2.22. The van der Waals surface area contributed by atoms with Crippen LogP contribution in [0.5, 0.6) is 0 Å². The van der Waals surface area contributed by atoms with E-state index in [4.69, 9.17) is 0 Å². The van der Waals surface area contributed by atoms with Crippen molar-refractivity contribution in [3.05, 3.63) is 34.1 Å². The van der Waals surface area contributed by atoms with Crippen molar-refractivity contribution in [2.75, 3.05) is 32.7 Å². The van der Waals surface area contributed by atoms with Crippen molar-refractivity contribution >= 4 is 15.9 Å². The van der Waals surface area contributed by atoms with Gasteiger partial charge in [-0.15, -0.1) is 0 Å². The molecule has 2 nitrogen and oxygen atoms in total. The number of rotatable bonds is 4. The quantitative estimate of drug-likeness (QED) is 0.808. The normalized spacial score (nSPS) is 22.0. The third kappa shape index (κ3) is 4.27. The lowest BCUT2D eigenvalue weighted by atomic mass is 9.96. The Labute approximate surface area is 135 Å². The van der Waals surface area contributed by atoms with Crippen LogP contribution in [0.3, 0.4) is 0 Å². The first-order valence-corrected chi connectivity index (χ1v) is 8.88. The van der Waals surface area contributed by atoms with Crippen LogP contribution in [0.2, 0.25) is 0 Å². The van der Waals surface area contributed by atoms with Crippen molar-refractivity contribution in [2.45, 2.75) is 32.2 Å². The average molecular weight is 355 g/mol. The maximum atomic E-state index is 13.3. The van der Waals surface area contributed by atoms with E-state index in [2.05, 4.69) is 25.7 Å². The molecule has 4 heteroatoms. The van der Waals surface area contributed by atoms with E-state index >= 15 is 0 Å². The largest absolute Gasteiger partial charge is 0.303 e. The number of halogens is 2.